The van der Waals surface area contributed by atoms with Crippen molar-refractivity contribution >= 4 is 11.8 Å². The summed E-state index contributed by atoms with van der Waals surface area (Å²) >= 11 is 0. The number of benzene rings is 1. The second-order valence-corrected chi connectivity index (χ2v) is 9.10. The minimum absolute atomic E-state index is 0.113. The number of carbonyl (C=O) groups excluding carboxylic acids is 2. The average Bonchev–Trinajstić information content (AvgIpc) is 3.14. The van der Waals surface area contributed by atoms with Crippen molar-refractivity contribution < 1.29 is 9.59 Å². The highest BCUT2D eigenvalue weighted by molar-refractivity contribution is 5.77. The Morgan fingerprint density at radius 3 is 2.41 bits per heavy atom. The van der Waals surface area contributed by atoms with Gasteiger partial charge in [0.15, 0.2) is 0 Å². The Labute approximate surface area is 175 Å². The predicted molar refractivity (Wildman–Crippen MR) is 115 cm³/mol. The Morgan fingerprint density at radius 1 is 1.03 bits per heavy atom. The summed E-state index contributed by atoms with van der Waals surface area (Å²) < 4.78 is 0. The van der Waals surface area contributed by atoms with Crippen molar-refractivity contribution in [2.24, 2.45) is 0 Å². The standard InChI is InChI=1S/C24H35N3O2/c1-3-7-23(29)27-13-12-24(20-8-5-4-6-9-20)11-10-21(18-22(24)27)26-16-14-25(15-17-26)19(2)28/h4-6,8-9,21-22H,3,7,10-18H2,1-2H3/t21-,22+,24-/m0/s1. The van der Waals surface area contributed by atoms with Gasteiger partial charge in [-0.2, -0.15) is 0 Å². The zero-order valence-electron chi connectivity index (χ0n) is 18.0. The molecule has 0 radical (unpaired) electrons. The number of fused-ring (bicyclic) bond motifs is 1. The molecule has 0 spiro atoms. The van der Waals surface area contributed by atoms with Crippen molar-refractivity contribution in [2.45, 2.75) is 69.9 Å². The van der Waals surface area contributed by atoms with Crippen LogP contribution in [-0.4, -0.2) is 71.3 Å². The molecular weight excluding hydrogens is 362 g/mol. The summed E-state index contributed by atoms with van der Waals surface area (Å²) in [5.74, 6) is 0.515. The fourth-order valence-electron chi connectivity index (χ4n) is 6.03. The molecular formula is C24H35N3O2. The van der Waals surface area contributed by atoms with Gasteiger partial charge in [0.25, 0.3) is 0 Å². The van der Waals surface area contributed by atoms with E-state index >= 15 is 0 Å². The highest BCUT2D eigenvalue weighted by Gasteiger charge is 2.53. The lowest BCUT2D eigenvalue weighted by molar-refractivity contribution is -0.134. The topological polar surface area (TPSA) is 43.9 Å². The molecule has 2 saturated heterocycles. The molecule has 4 rings (SSSR count). The number of amides is 2. The van der Waals surface area contributed by atoms with Crippen molar-refractivity contribution in [3.05, 3.63) is 35.9 Å². The van der Waals surface area contributed by atoms with Gasteiger partial charge >= 0.3 is 0 Å². The van der Waals surface area contributed by atoms with Crippen molar-refractivity contribution in [3.63, 3.8) is 0 Å². The van der Waals surface area contributed by atoms with Crippen LogP contribution in [0.1, 0.15) is 57.9 Å². The van der Waals surface area contributed by atoms with E-state index in [1.807, 2.05) is 4.90 Å². The van der Waals surface area contributed by atoms with Gasteiger partial charge in [-0.15, -0.1) is 0 Å². The van der Waals surface area contributed by atoms with Crippen LogP contribution in [0, 0.1) is 0 Å². The zero-order chi connectivity index (χ0) is 20.4. The van der Waals surface area contributed by atoms with Crippen molar-refractivity contribution in [3.8, 4) is 0 Å². The third-order valence-corrected chi connectivity index (χ3v) is 7.64. The Balaban J connectivity index is 1.54. The SMILES string of the molecule is CCCC(=O)N1CC[C@]2(c3ccccc3)CC[C@H](N3CCN(C(C)=O)CC3)C[C@@H]12. The predicted octanol–water partition coefficient (Wildman–Crippen LogP) is 3.04. The maximum absolute atomic E-state index is 12.9. The van der Waals surface area contributed by atoms with Crippen molar-refractivity contribution in [1.29, 1.82) is 0 Å². The Morgan fingerprint density at radius 2 is 1.76 bits per heavy atom. The van der Waals surface area contributed by atoms with Gasteiger partial charge in [-0.05, 0) is 37.7 Å². The van der Waals surface area contributed by atoms with E-state index < -0.39 is 0 Å². The second kappa shape index (κ2) is 8.47. The summed E-state index contributed by atoms with van der Waals surface area (Å²) in [5.41, 5.74) is 1.53. The molecule has 2 aliphatic heterocycles. The van der Waals surface area contributed by atoms with Crippen LogP contribution in [0.25, 0.3) is 0 Å². The van der Waals surface area contributed by atoms with Crippen LogP contribution in [0.2, 0.25) is 0 Å². The van der Waals surface area contributed by atoms with E-state index in [9.17, 15) is 9.59 Å². The molecule has 1 aromatic rings. The maximum Gasteiger partial charge on any atom is 0.222 e. The van der Waals surface area contributed by atoms with E-state index in [-0.39, 0.29) is 11.3 Å². The lowest BCUT2D eigenvalue weighted by atomic mass is 9.64. The van der Waals surface area contributed by atoms with Gasteiger partial charge in [0.2, 0.25) is 11.8 Å². The van der Waals surface area contributed by atoms with Gasteiger partial charge in [0, 0.05) is 63.6 Å². The Bertz CT molecular complexity index is 729. The smallest absolute Gasteiger partial charge is 0.222 e. The molecule has 5 heteroatoms. The molecule has 0 aromatic heterocycles. The van der Waals surface area contributed by atoms with E-state index in [1.165, 1.54) is 12.0 Å². The summed E-state index contributed by atoms with van der Waals surface area (Å²) in [5, 5.41) is 0. The van der Waals surface area contributed by atoms with E-state index in [2.05, 4.69) is 47.1 Å². The lowest BCUT2D eigenvalue weighted by Crippen LogP contribution is -2.57. The number of piperazine rings is 1. The largest absolute Gasteiger partial charge is 0.340 e. The van der Waals surface area contributed by atoms with E-state index in [0.717, 1.165) is 58.4 Å². The number of hydrogen-bond acceptors (Lipinski definition) is 3. The summed E-state index contributed by atoms with van der Waals surface area (Å²) in [6.45, 7) is 8.23. The quantitative estimate of drug-likeness (QED) is 0.784. The van der Waals surface area contributed by atoms with Crippen LogP contribution >= 0.6 is 0 Å². The number of carbonyl (C=O) groups is 2. The lowest BCUT2D eigenvalue weighted by Gasteiger charge is -2.49. The summed E-state index contributed by atoms with van der Waals surface area (Å²) in [6.07, 6.45) is 6.04. The minimum atomic E-state index is 0.113. The van der Waals surface area contributed by atoms with Gasteiger partial charge in [-0.1, -0.05) is 37.3 Å². The molecule has 5 nitrogen and oxygen atoms in total. The molecule has 0 bridgehead atoms. The molecule has 2 amide bonds. The van der Waals surface area contributed by atoms with Crippen LogP contribution in [0.15, 0.2) is 30.3 Å². The van der Waals surface area contributed by atoms with Crippen LogP contribution in [0.5, 0.6) is 0 Å². The van der Waals surface area contributed by atoms with E-state index in [1.54, 1.807) is 6.92 Å². The summed E-state index contributed by atoms with van der Waals surface area (Å²) in [6, 6.07) is 11.7. The normalized spacial score (nSPS) is 30.3. The van der Waals surface area contributed by atoms with Gasteiger partial charge in [0.05, 0.1) is 0 Å². The highest BCUT2D eigenvalue weighted by atomic mass is 16.2. The second-order valence-electron chi connectivity index (χ2n) is 9.10. The van der Waals surface area contributed by atoms with Crippen LogP contribution < -0.4 is 0 Å². The first-order valence-corrected chi connectivity index (χ1v) is 11.4. The van der Waals surface area contributed by atoms with Gasteiger partial charge < -0.3 is 9.80 Å². The molecule has 2 heterocycles. The molecule has 158 valence electrons. The average molecular weight is 398 g/mol. The minimum Gasteiger partial charge on any atom is -0.340 e. The van der Waals surface area contributed by atoms with Crippen LogP contribution in [0.4, 0.5) is 0 Å². The van der Waals surface area contributed by atoms with Gasteiger partial charge in [0.1, 0.15) is 0 Å². The number of likely N-dealkylation sites (tertiary alicyclic amines) is 1. The monoisotopic (exact) mass is 397 g/mol. The molecule has 1 aromatic carbocycles. The molecule has 0 unspecified atom stereocenters. The first-order valence-electron chi connectivity index (χ1n) is 11.4. The summed E-state index contributed by atoms with van der Waals surface area (Å²) in [4.78, 5) is 31.4. The Kier molecular flexibility index (Phi) is 5.95. The van der Waals surface area contributed by atoms with Gasteiger partial charge in [-0.25, -0.2) is 0 Å². The highest BCUT2D eigenvalue weighted by Crippen LogP contribution is 2.50. The van der Waals surface area contributed by atoms with E-state index in [4.69, 9.17) is 0 Å². The molecule has 1 saturated carbocycles. The number of nitrogens with zero attached hydrogens (tertiary/aromatic N) is 3. The van der Waals surface area contributed by atoms with Crippen LogP contribution in [-0.2, 0) is 15.0 Å². The third-order valence-electron chi connectivity index (χ3n) is 7.64. The first-order chi connectivity index (χ1) is 14.0. The van der Waals surface area contributed by atoms with Crippen LogP contribution in [0.3, 0.4) is 0 Å². The van der Waals surface area contributed by atoms with Gasteiger partial charge in [-0.3, -0.25) is 14.5 Å². The van der Waals surface area contributed by atoms with Crippen molar-refractivity contribution in [2.75, 3.05) is 32.7 Å². The fraction of sp³-hybridized carbons (Fsp3) is 0.667. The van der Waals surface area contributed by atoms with E-state index in [0.29, 0.717) is 24.4 Å². The molecule has 3 atom stereocenters. The number of hydrogen-bond donors (Lipinski definition) is 0. The van der Waals surface area contributed by atoms with Crippen molar-refractivity contribution in [1.82, 2.24) is 14.7 Å². The molecule has 0 N–H and O–H groups in total. The molecule has 3 aliphatic rings. The molecule has 3 fully saturated rings. The summed E-state index contributed by atoms with van der Waals surface area (Å²) in [7, 11) is 0. The third kappa shape index (κ3) is 3.81. The molecule has 29 heavy (non-hydrogen) atoms. The zero-order valence-corrected chi connectivity index (χ0v) is 18.0. The number of rotatable bonds is 4. The Hall–Kier alpha value is -1.88. The first kappa shape index (κ1) is 20.4. The fourth-order valence-corrected chi connectivity index (χ4v) is 6.03. The maximum atomic E-state index is 12.9. The molecule has 1 aliphatic carbocycles.